The summed E-state index contributed by atoms with van der Waals surface area (Å²) in [7, 11) is 0. The molecule has 0 unspecified atom stereocenters. The summed E-state index contributed by atoms with van der Waals surface area (Å²) in [6.45, 7) is 2.05. The highest BCUT2D eigenvalue weighted by Crippen LogP contribution is 2.27. The van der Waals surface area contributed by atoms with Gasteiger partial charge in [-0.3, -0.25) is 9.97 Å². The van der Waals surface area contributed by atoms with Crippen molar-refractivity contribution in [3.8, 4) is 0 Å². The van der Waals surface area contributed by atoms with Crippen molar-refractivity contribution in [3.05, 3.63) is 60.6 Å². The lowest BCUT2D eigenvalue weighted by Gasteiger charge is -2.09. The highest BCUT2D eigenvalue weighted by Gasteiger charge is 2.03. The third-order valence-corrected chi connectivity index (χ3v) is 3.87. The fourth-order valence-corrected chi connectivity index (χ4v) is 2.60. The molecule has 0 radical (unpaired) electrons. The van der Waals surface area contributed by atoms with E-state index in [1.807, 2.05) is 36.7 Å². The van der Waals surface area contributed by atoms with Crippen molar-refractivity contribution in [2.24, 2.45) is 0 Å². The molecule has 0 atom stereocenters. The Hall–Kier alpha value is -2.07. The lowest BCUT2D eigenvalue weighted by Crippen LogP contribution is -1.91. The molecular weight excluding hydrogens is 254 g/mol. The Labute approximate surface area is 116 Å². The summed E-state index contributed by atoms with van der Waals surface area (Å²) in [4.78, 5) is 9.69. The van der Waals surface area contributed by atoms with Crippen LogP contribution in [-0.2, 0) is 0 Å². The number of aromatic nitrogens is 2. The molecule has 1 aromatic carbocycles. The van der Waals surface area contributed by atoms with Crippen LogP contribution in [0.2, 0.25) is 0 Å². The van der Waals surface area contributed by atoms with Crippen LogP contribution >= 0.6 is 11.9 Å². The number of nitrogens with zero attached hydrogens (tertiary/aromatic N) is 2. The van der Waals surface area contributed by atoms with Crippen LogP contribution in [0.15, 0.2) is 59.9 Å². The maximum Gasteiger partial charge on any atom is 0.0941 e. The molecule has 1 N–H and O–H groups in total. The van der Waals surface area contributed by atoms with Crippen LogP contribution in [-0.4, -0.2) is 9.97 Å². The smallest absolute Gasteiger partial charge is 0.0941 e. The van der Waals surface area contributed by atoms with Gasteiger partial charge in [-0.1, -0.05) is 18.2 Å². The molecule has 94 valence electrons. The van der Waals surface area contributed by atoms with Crippen molar-refractivity contribution in [2.45, 2.75) is 11.8 Å². The summed E-state index contributed by atoms with van der Waals surface area (Å²) < 4.78 is 3.37. The standard InChI is InChI=1S/C15H13N3S/c1-11-10-16-9-7-14(11)19-18-13-6-2-4-12-5-3-8-17-15(12)13/h2-10,18H,1H3. The van der Waals surface area contributed by atoms with E-state index in [4.69, 9.17) is 0 Å². The molecule has 0 saturated carbocycles. The van der Waals surface area contributed by atoms with E-state index >= 15 is 0 Å². The third-order valence-electron chi connectivity index (χ3n) is 2.87. The van der Waals surface area contributed by atoms with E-state index in [9.17, 15) is 0 Å². The first kappa shape index (κ1) is 12.0. The van der Waals surface area contributed by atoms with E-state index in [2.05, 4.69) is 33.7 Å². The Morgan fingerprint density at radius 1 is 1.05 bits per heavy atom. The summed E-state index contributed by atoms with van der Waals surface area (Å²) >= 11 is 1.58. The van der Waals surface area contributed by atoms with Crippen molar-refractivity contribution < 1.29 is 0 Å². The van der Waals surface area contributed by atoms with Crippen LogP contribution < -0.4 is 4.72 Å². The molecule has 3 rings (SSSR count). The fourth-order valence-electron chi connectivity index (χ4n) is 1.87. The van der Waals surface area contributed by atoms with Gasteiger partial charge in [0.25, 0.3) is 0 Å². The normalized spacial score (nSPS) is 10.6. The molecule has 0 spiro atoms. The van der Waals surface area contributed by atoms with Crippen LogP contribution in [0, 0.1) is 6.92 Å². The predicted molar refractivity (Wildman–Crippen MR) is 80.2 cm³/mol. The van der Waals surface area contributed by atoms with Crippen molar-refractivity contribution in [1.29, 1.82) is 0 Å². The number of anilines is 1. The van der Waals surface area contributed by atoms with E-state index in [-0.39, 0.29) is 0 Å². The highest BCUT2D eigenvalue weighted by atomic mass is 32.2. The summed E-state index contributed by atoms with van der Waals surface area (Å²) in [5.41, 5.74) is 3.18. The monoisotopic (exact) mass is 267 g/mol. The molecule has 3 nitrogen and oxygen atoms in total. The van der Waals surface area contributed by atoms with Crippen LogP contribution in [0.25, 0.3) is 10.9 Å². The highest BCUT2D eigenvalue weighted by molar-refractivity contribution is 8.00. The largest absolute Gasteiger partial charge is 0.324 e. The Morgan fingerprint density at radius 2 is 1.95 bits per heavy atom. The number of aryl methyl sites for hydroxylation is 1. The van der Waals surface area contributed by atoms with Crippen molar-refractivity contribution >= 4 is 28.5 Å². The van der Waals surface area contributed by atoms with Gasteiger partial charge >= 0.3 is 0 Å². The van der Waals surface area contributed by atoms with E-state index < -0.39 is 0 Å². The number of rotatable bonds is 3. The average Bonchev–Trinajstić information content (AvgIpc) is 2.46. The maximum absolute atomic E-state index is 4.43. The van der Waals surface area contributed by atoms with Gasteiger partial charge in [0.15, 0.2) is 0 Å². The molecule has 0 bridgehead atoms. The van der Waals surface area contributed by atoms with Gasteiger partial charge in [-0.25, -0.2) is 0 Å². The van der Waals surface area contributed by atoms with Gasteiger partial charge in [0.2, 0.25) is 0 Å². The molecule has 2 heterocycles. The number of para-hydroxylation sites is 1. The first-order valence-electron chi connectivity index (χ1n) is 6.02. The van der Waals surface area contributed by atoms with Gasteiger partial charge in [0, 0.05) is 28.9 Å². The quantitative estimate of drug-likeness (QED) is 0.726. The Kier molecular flexibility index (Phi) is 3.33. The topological polar surface area (TPSA) is 37.8 Å². The number of hydrogen-bond acceptors (Lipinski definition) is 4. The zero-order valence-electron chi connectivity index (χ0n) is 10.5. The van der Waals surface area contributed by atoms with E-state index in [0.717, 1.165) is 22.2 Å². The molecule has 2 aromatic heterocycles. The first-order chi connectivity index (χ1) is 9.34. The van der Waals surface area contributed by atoms with Crippen LogP contribution in [0.4, 0.5) is 5.69 Å². The second-order valence-corrected chi connectivity index (χ2v) is 5.07. The molecule has 0 fully saturated rings. The van der Waals surface area contributed by atoms with Crippen LogP contribution in [0.1, 0.15) is 5.56 Å². The molecule has 0 saturated heterocycles. The Bertz CT molecular complexity index is 707. The molecule has 19 heavy (non-hydrogen) atoms. The van der Waals surface area contributed by atoms with E-state index in [1.165, 1.54) is 4.90 Å². The third kappa shape index (κ3) is 2.53. The number of nitrogens with one attached hydrogen (secondary N) is 1. The van der Waals surface area contributed by atoms with Gasteiger partial charge in [-0.05, 0) is 42.6 Å². The lowest BCUT2D eigenvalue weighted by molar-refractivity contribution is 1.18. The zero-order valence-corrected chi connectivity index (χ0v) is 11.3. The molecule has 0 aliphatic carbocycles. The minimum Gasteiger partial charge on any atom is -0.324 e. The molecule has 4 heteroatoms. The van der Waals surface area contributed by atoms with Gasteiger partial charge in [-0.15, -0.1) is 0 Å². The number of fused-ring (bicyclic) bond motifs is 1. The van der Waals surface area contributed by atoms with Gasteiger partial charge in [0.05, 0.1) is 11.2 Å². The van der Waals surface area contributed by atoms with E-state index in [1.54, 1.807) is 18.1 Å². The first-order valence-corrected chi connectivity index (χ1v) is 6.83. The van der Waals surface area contributed by atoms with Gasteiger partial charge < -0.3 is 4.72 Å². The van der Waals surface area contributed by atoms with Crippen LogP contribution in [0.5, 0.6) is 0 Å². The molecule has 0 amide bonds. The maximum atomic E-state index is 4.43. The van der Waals surface area contributed by atoms with Crippen molar-refractivity contribution in [1.82, 2.24) is 9.97 Å². The summed E-state index contributed by atoms with van der Waals surface area (Å²) in [6, 6.07) is 12.2. The Morgan fingerprint density at radius 3 is 2.84 bits per heavy atom. The van der Waals surface area contributed by atoms with E-state index in [0.29, 0.717) is 0 Å². The van der Waals surface area contributed by atoms with Gasteiger partial charge in [-0.2, -0.15) is 0 Å². The summed E-state index contributed by atoms with van der Waals surface area (Å²) in [6.07, 6.45) is 5.49. The summed E-state index contributed by atoms with van der Waals surface area (Å²) in [5.74, 6) is 0. The fraction of sp³-hybridized carbons (Fsp3) is 0.0667. The molecule has 0 aliphatic rings. The van der Waals surface area contributed by atoms with Crippen LogP contribution in [0.3, 0.4) is 0 Å². The SMILES string of the molecule is Cc1cnccc1SNc1cccc2cccnc12. The number of pyridine rings is 2. The number of benzene rings is 1. The second kappa shape index (κ2) is 5.28. The second-order valence-electron chi connectivity index (χ2n) is 4.23. The number of hydrogen-bond donors (Lipinski definition) is 1. The molecular formula is C15H13N3S. The molecule has 0 aliphatic heterocycles. The van der Waals surface area contributed by atoms with Gasteiger partial charge in [0.1, 0.15) is 0 Å². The average molecular weight is 267 g/mol. The van der Waals surface area contributed by atoms with Crippen molar-refractivity contribution in [2.75, 3.05) is 4.72 Å². The zero-order chi connectivity index (χ0) is 13.1. The molecule has 3 aromatic rings. The minimum atomic E-state index is 0.990. The summed E-state index contributed by atoms with van der Waals surface area (Å²) in [5, 5.41) is 1.14. The lowest BCUT2D eigenvalue weighted by atomic mass is 10.2. The minimum absolute atomic E-state index is 0.990. The Balaban J connectivity index is 1.88. The van der Waals surface area contributed by atoms with Crippen molar-refractivity contribution in [3.63, 3.8) is 0 Å². The predicted octanol–water partition coefficient (Wildman–Crippen LogP) is 4.06.